The van der Waals surface area contributed by atoms with Crippen molar-refractivity contribution in [2.75, 3.05) is 20.3 Å². The lowest BCUT2D eigenvalue weighted by Crippen LogP contribution is -2.12. The zero-order valence-electron chi connectivity index (χ0n) is 6.37. The molecular formula is C7H11NO3. The lowest BCUT2D eigenvalue weighted by atomic mass is 10.2. The van der Waals surface area contributed by atoms with Gasteiger partial charge in [0.15, 0.2) is 0 Å². The van der Waals surface area contributed by atoms with Gasteiger partial charge in [-0.2, -0.15) is 0 Å². The molecule has 4 nitrogen and oxygen atoms in total. The molecule has 1 aliphatic rings. The Balaban J connectivity index is 2.54. The Hall–Kier alpha value is -1.03. The summed E-state index contributed by atoms with van der Waals surface area (Å²) < 4.78 is 9.47. The number of nitrogens with two attached hydrogens (primary N) is 1. The van der Waals surface area contributed by atoms with Crippen LogP contribution in [0.3, 0.4) is 0 Å². The van der Waals surface area contributed by atoms with Gasteiger partial charge < -0.3 is 15.2 Å². The molecule has 1 atom stereocenters. The van der Waals surface area contributed by atoms with Crippen molar-refractivity contribution in [2.45, 2.75) is 0 Å². The fourth-order valence-electron chi connectivity index (χ4n) is 0.871. The van der Waals surface area contributed by atoms with Crippen molar-refractivity contribution in [1.29, 1.82) is 0 Å². The summed E-state index contributed by atoms with van der Waals surface area (Å²) in [5.74, 6) is 0.00741. The summed E-state index contributed by atoms with van der Waals surface area (Å²) in [6, 6.07) is 0. The third kappa shape index (κ3) is 1.71. The van der Waals surface area contributed by atoms with E-state index in [1.54, 1.807) is 6.08 Å². The van der Waals surface area contributed by atoms with E-state index in [1.807, 2.05) is 0 Å². The Morgan fingerprint density at radius 2 is 2.73 bits per heavy atom. The molecule has 0 saturated carbocycles. The highest BCUT2D eigenvalue weighted by Crippen LogP contribution is 2.15. The molecular weight excluding hydrogens is 146 g/mol. The van der Waals surface area contributed by atoms with Crippen LogP contribution in [0.5, 0.6) is 0 Å². The van der Waals surface area contributed by atoms with Gasteiger partial charge in [0.05, 0.1) is 13.7 Å². The van der Waals surface area contributed by atoms with Crippen LogP contribution in [0.15, 0.2) is 11.8 Å². The van der Waals surface area contributed by atoms with Crippen LogP contribution in [0, 0.1) is 5.92 Å². The molecule has 2 N–H and O–H groups in total. The maximum absolute atomic E-state index is 10.8. The zero-order valence-corrected chi connectivity index (χ0v) is 6.37. The number of rotatable bonds is 2. The van der Waals surface area contributed by atoms with Crippen molar-refractivity contribution >= 4 is 5.97 Å². The molecule has 0 spiro atoms. The summed E-state index contributed by atoms with van der Waals surface area (Å²) in [5.41, 5.74) is 5.36. The van der Waals surface area contributed by atoms with E-state index < -0.39 is 5.97 Å². The Kier molecular flexibility index (Phi) is 2.48. The molecule has 0 radical (unpaired) electrons. The molecule has 4 heteroatoms. The minimum Gasteiger partial charge on any atom is -0.486 e. The van der Waals surface area contributed by atoms with Crippen molar-refractivity contribution in [3.63, 3.8) is 0 Å². The molecule has 1 heterocycles. The maximum atomic E-state index is 10.8. The first-order chi connectivity index (χ1) is 5.27. The number of hydrogen-bond donors (Lipinski definition) is 1. The van der Waals surface area contributed by atoms with Crippen LogP contribution in [0.1, 0.15) is 0 Å². The van der Waals surface area contributed by atoms with Crippen molar-refractivity contribution in [1.82, 2.24) is 0 Å². The van der Waals surface area contributed by atoms with Gasteiger partial charge in [0.25, 0.3) is 0 Å². The normalized spacial score (nSPS) is 22.4. The molecule has 62 valence electrons. The van der Waals surface area contributed by atoms with E-state index in [0.29, 0.717) is 13.2 Å². The number of methoxy groups -OCH3 is 1. The van der Waals surface area contributed by atoms with E-state index in [9.17, 15) is 4.79 Å². The van der Waals surface area contributed by atoms with Crippen LogP contribution in [-0.4, -0.2) is 26.2 Å². The molecule has 0 bridgehead atoms. The fraction of sp³-hybridized carbons (Fsp3) is 0.571. The molecule has 0 aromatic heterocycles. The fourth-order valence-corrected chi connectivity index (χ4v) is 0.871. The van der Waals surface area contributed by atoms with Crippen LogP contribution in [0.4, 0.5) is 0 Å². The van der Waals surface area contributed by atoms with E-state index >= 15 is 0 Å². The van der Waals surface area contributed by atoms with Crippen molar-refractivity contribution in [2.24, 2.45) is 11.7 Å². The largest absolute Gasteiger partial charge is 0.486 e. The van der Waals surface area contributed by atoms with Gasteiger partial charge in [0.1, 0.15) is 0 Å². The number of esters is 1. The van der Waals surface area contributed by atoms with Crippen LogP contribution in [0.2, 0.25) is 0 Å². The molecule has 0 amide bonds. The summed E-state index contributed by atoms with van der Waals surface area (Å²) in [5, 5.41) is 0. The average molecular weight is 157 g/mol. The summed E-state index contributed by atoms with van der Waals surface area (Å²) in [6.45, 7) is 0.988. The predicted octanol–water partition coefficient (Wildman–Crippen LogP) is -0.352. The maximum Gasteiger partial charge on any atom is 0.372 e. The van der Waals surface area contributed by atoms with Gasteiger partial charge in [-0.15, -0.1) is 0 Å². The minimum absolute atomic E-state index is 0.157. The first-order valence-electron chi connectivity index (χ1n) is 3.41. The average Bonchev–Trinajstić information content (AvgIpc) is 2.50. The van der Waals surface area contributed by atoms with E-state index in [1.165, 1.54) is 7.11 Å². The summed E-state index contributed by atoms with van der Waals surface area (Å²) >= 11 is 0. The van der Waals surface area contributed by atoms with Crippen LogP contribution >= 0.6 is 0 Å². The summed E-state index contributed by atoms with van der Waals surface area (Å²) in [7, 11) is 1.32. The van der Waals surface area contributed by atoms with E-state index in [4.69, 9.17) is 10.5 Å². The molecule has 1 aliphatic heterocycles. The monoisotopic (exact) mass is 157 g/mol. The van der Waals surface area contributed by atoms with E-state index in [2.05, 4.69) is 4.74 Å². The third-order valence-electron chi connectivity index (χ3n) is 1.53. The highest BCUT2D eigenvalue weighted by Gasteiger charge is 2.21. The second-order valence-corrected chi connectivity index (χ2v) is 2.33. The van der Waals surface area contributed by atoms with E-state index in [0.717, 1.165) is 0 Å². The molecule has 0 fully saturated rings. The standard InChI is InChI=1S/C7H11NO3/c1-10-7(9)6-2-5(3-8)4-11-6/h2,5H,3-4,8H2,1H3. The van der Waals surface area contributed by atoms with E-state index in [-0.39, 0.29) is 11.7 Å². The first kappa shape index (κ1) is 8.07. The first-order valence-corrected chi connectivity index (χ1v) is 3.41. The molecule has 0 aliphatic carbocycles. The minimum atomic E-state index is -0.430. The highest BCUT2D eigenvalue weighted by atomic mass is 16.6. The molecule has 0 aromatic carbocycles. The molecule has 1 unspecified atom stereocenters. The third-order valence-corrected chi connectivity index (χ3v) is 1.53. The highest BCUT2D eigenvalue weighted by molar-refractivity contribution is 5.86. The van der Waals surface area contributed by atoms with Crippen molar-refractivity contribution in [3.05, 3.63) is 11.8 Å². The second kappa shape index (κ2) is 3.39. The lowest BCUT2D eigenvalue weighted by molar-refractivity contribution is -0.139. The van der Waals surface area contributed by atoms with Crippen molar-refractivity contribution in [3.8, 4) is 0 Å². The van der Waals surface area contributed by atoms with Gasteiger partial charge in [0.2, 0.25) is 5.76 Å². The quantitative estimate of drug-likeness (QED) is 0.556. The van der Waals surface area contributed by atoms with Crippen molar-refractivity contribution < 1.29 is 14.3 Å². The predicted molar refractivity (Wildman–Crippen MR) is 38.6 cm³/mol. The SMILES string of the molecule is COC(=O)C1=CC(CN)CO1. The number of hydrogen-bond acceptors (Lipinski definition) is 4. The Morgan fingerprint density at radius 3 is 3.18 bits per heavy atom. The van der Waals surface area contributed by atoms with Crippen LogP contribution in [-0.2, 0) is 14.3 Å². The van der Waals surface area contributed by atoms with Gasteiger partial charge >= 0.3 is 5.97 Å². The Labute approximate surface area is 65.0 Å². The molecule has 0 saturated heterocycles. The molecule has 1 rings (SSSR count). The number of carbonyl (C=O) groups is 1. The van der Waals surface area contributed by atoms with Gasteiger partial charge in [-0.25, -0.2) is 4.79 Å². The smallest absolute Gasteiger partial charge is 0.372 e. The Bertz CT molecular complexity index is 188. The zero-order chi connectivity index (χ0) is 8.27. The van der Waals surface area contributed by atoms with Gasteiger partial charge in [-0.1, -0.05) is 0 Å². The molecule has 11 heavy (non-hydrogen) atoms. The van der Waals surface area contributed by atoms with Crippen LogP contribution < -0.4 is 5.73 Å². The lowest BCUT2D eigenvalue weighted by Gasteiger charge is -2.00. The topological polar surface area (TPSA) is 61.5 Å². The van der Waals surface area contributed by atoms with Gasteiger partial charge in [-0.05, 0) is 6.08 Å². The summed E-state index contributed by atoms with van der Waals surface area (Å²) in [6.07, 6.45) is 1.70. The number of carbonyl (C=O) groups excluding carboxylic acids is 1. The second-order valence-electron chi connectivity index (χ2n) is 2.33. The van der Waals surface area contributed by atoms with Crippen LogP contribution in [0.25, 0.3) is 0 Å². The number of ether oxygens (including phenoxy) is 2. The summed E-state index contributed by atoms with van der Waals surface area (Å²) in [4.78, 5) is 10.8. The van der Waals surface area contributed by atoms with Gasteiger partial charge in [0, 0.05) is 12.5 Å². The molecule has 0 aromatic rings. The van der Waals surface area contributed by atoms with Gasteiger partial charge in [-0.3, -0.25) is 0 Å². The Morgan fingerprint density at radius 1 is 2.00 bits per heavy atom.